The minimum absolute atomic E-state index is 0.0376. The van der Waals surface area contributed by atoms with Gasteiger partial charge < -0.3 is 9.64 Å². The standard InChI is InChI=1S/C15H17N3O4/c1-10(19)17(11-3-4-11)9-14-15(20)22-16-18(14)12-5-7-13(21-2)8-6-12/h5-8,11H,3-4,9H2,1-2H3/p+1. The second-order valence-electron chi connectivity index (χ2n) is 5.34. The van der Waals surface area contributed by atoms with E-state index >= 15 is 0 Å². The molecule has 1 aromatic carbocycles. The fraction of sp³-hybridized carbons (Fsp3) is 0.400. The largest absolute Gasteiger partial charge is 0.497 e. The maximum atomic E-state index is 12.0. The first-order valence-corrected chi connectivity index (χ1v) is 7.14. The number of hydrogen-bond acceptors (Lipinski definition) is 4. The van der Waals surface area contributed by atoms with Crippen LogP contribution in [-0.4, -0.2) is 29.2 Å². The fourth-order valence-electron chi connectivity index (χ4n) is 2.41. The quantitative estimate of drug-likeness (QED) is 0.827. The van der Waals surface area contributed by atoms with Crippen molar-refractivity contribution >= 4 is 5.91 Å². The van der Waals surface area contributed by atoms with Crippen LogP contribution in [0.2, 0.25) is 0 Å². The highest BCUT2D eigenvalue weighted by Gasteiger charge is 2.35. The summed E-state index contributed by atoms with van der Waals surface area (Å²) in [5.41, 5.74) is 0.663. The zero-order chi connectivity index (χ0) is 15.7. The molecule has 1 aliphatic carbocycles. The Hall–Kier alpha value is -2.57. The Morgan fingerprint density at radius 3 is 2.64 bits per heavy atom. The molecule has 2 aromatic rings. The van der Waals surface area contributed by atoms with Crippen LogP contribution in [0.15, 0.2) is 33.6 Å². The van der Waals surface area contributed by atoms with Crippen molar-refractivity contribution in [3.05, 3.63) is 40.4 Å². The molecule has 1 heterocycles. The maximum Gasteiger partial charge on any atom is 0.432 e. The molecule has 1 aromatic heterocycles. The Labute approximate surface area is 127 Å². The topological polar surface area (TPSA) is 79.4 Å². The van der Waals surface area contributed by atoms with Crippen LogP contribution in [0.3, 0.4) is 0 Å². The molecule has 0 spiro atoms. The summed E-state index contributed by atoms with van der Waals surface area (Å²) in [6.07, 6.45) is 1.97. The Balaban J connectivity index is 1.92. The summed E-state index contributed by atoms with van der Waals surface area (Å²) in [6.45, 7) is 1.75. The van der Waals surface area contributed by atoms with E-state index in [0.29, 0.717) is 5.69 Å². The fourth-order valence-corrected chi connectivity index (χ4v) is 2.41. The van der Waals surface area contributed by atoms with Gasteiger partial charge in [0.05, 0.1) is 7.11 Å². The van der Waals surface area contributed by atoms with Crippen LogP contribution in [0.5, 0.6) is 5.75 Å². The average Bonchev–Trinajstić information content (AvgIpc) is 3.29. The minimum atomic E-state index is -0.470. The van der Waals surface area contributed by atoms with Crippen molar-refractivity contribution < 1.29 is 18.7 Å². The van der Waals surface area contributed by atoms with Gasteiger partial charge in [0.2, 0.25) is 11.6 Å². The number of ether oxygens (including phenoxy) is 1. The van der Waals surface area contributed by atoms with Gasteiger partial charge in [0.1, 0.15) is 12.3 Å². The van der Waals surface area contributed by atoms with Crippen LogP contribution in [0.25, 0.3) is 5.69 Å². The number of methoxy groups -OCH3 is 1. The lowest BCUT2D eigenvalue weighted by molar-refractivity contribution is -0.678. The van der Waals surface area contributed by atoms with Crippen molar-refractivity contribution in [2.75, 3.05) is 7.11 Å². The van der Waals surface area contributed by atoms with Crippen LogP contribution in [-0.2, 0) is 11.3 Å². The molecular formula is C15H18N3O4+. The first-order valence-electron chi connectivity index (χ1n) is 7.14. The molecule has 0 unspecified atom stereocenters. The van der Waals surface area contributed by atoms with Crippen molar-refractivity contribution in [1.29, 1.82) is 0 Å². The lowest BCUT2D eigenvalue weighted by Crippen LogP contribution is -2.43. The minimum Gasteiger partial charge on any atom is -0.497 e. The van der Waals surface area contributed by atoms with Gasteiger partial charge >= 0.3 is 11.3 Å². The van der Waals surface area contributed by atoms with Gasteiger partial charge in [-0.25, -0.2) is 4.79 Å². The lowest BCUT2D eigenvalue weighted by atomic mass is 10.3. The van der Waals surface area contributed by atoms with Gasteiger partial charge in [0, 0.05) is 25.1 Å². The number of nitrogens with zero attached hydrogens (tertiary/aromatic N) is 2. The molecule has 0 bridgehead atoms. The van der Waals surface area contributed by atoms with Gasteiger partial charge in [0.25, 0.3) is 0 Å². The molecule has 0 aliphatic heterocycles. The van der Waals surface area contributed by atoms with Crippen molar-refractivity contribution in [2.45, 2.75) is 32.4 Å². The molecule has 0 saturated heterocycles. The normalized spacial score (nSPS) is 13.9. The molecule has 7 nitrogen and oxygen atoms in total. The zero-order valence-electron chi connectivity index (χ0n) is 12.5. The van der Waals surface area contributed by atoms with Crippen molar-refractivity contribution in [1.82, 2.24) is 10.2 Å². The average molecular weight is 304 g/mol. The summed E-state index contributed by atoms with van der Waals surface area (Å²) in [5.74, 6) is 0.685. The van der Waals surface area contributed by atoms with Crippen molar-refractivity contribution in [3.8, 4) is 11.4 Å². The summed E-state index contributed by atoms with van der Waals surface area (Å²) < 4.78 is 11.6. The molecule has 0 radical (unpaired) electrons. The number of amides is 1. The molecule has 3 rings (SSSR count). The Bertz CT molecular complexity index is 728. The number of hydrogen-bond donors (Lipinski definition) is 1. The van der Waals surface area contributed by atoms with Gasteiger partial charge in [-0.15, -0.1) is 0 Å². The number of benzene rings is 1. The summed E-state index contributed by atoms with van der Waals surface area (Å²) >= 11 is 0. The molecular weight excluding hydrogens is 286 g/mol. The molecule has 1 aliphatic rings. The van der Waals surface area contributed by atoms with E-state index in [1.807, 2.05) is 12.1 Å². The number of aromatic amines is 1. The highest BCUT2D eigenvalue weighted by Crippen LogP contribution is 2.27. The molecule has 1 amide bonds. The number of aromatic nitrogens is 2. The van der Waals surface area contributed by atoms with Crippen molar-refractivity contribution in [2.24, 2.45) is 0 Å². The molecule has 0 atom stereocenters. The van der Waals surface area contributed by atoms with E-state index in [1.54, 1.807) is 28.8 Å². The van der Waals surface area contributed by atoms with Gasteiger partial charge in [-0.2, -0.15) is 0 Å². The van der Waals surface area contributed by atoms with E-state index in [2.05, 4.69) is 5.27 Å². The Kier molecular flexibility index (Phi) is 3.70. The molecule has 116 valence electrons. The number of carbonyl (C=O) groups is 1. The molecule has 1 fully saturated rings. The van der Waals surface area contributed by atoms with Crippen LogP contribution < -0.4 is 15.0 Å². The van der Waals surface area contributed by atoms with Gasteiger partial charge in [-0.3, -0.25) is 9.32 Å². The van der Waals surface area contributed by atoms with E-state index in [0.717, 1.165) is 24.3 Å². The van der Waals surface area contributed by atoms with Crippen LogP contribution in [0.1, 0.15) is 25.5 Å². The Morgan fingerprint density at radius 1 is 1.41 bits per heavy atom. The summed E-state index contributed by atoms with van der Waals surface area (Å²) in [4.78, 5) is 25.4. The third kappa shape index (κ3) is 2.74. The molecule has 1 N–H and O–H groups in total. The monoisotopic (exact) mass is 304 g/mol. The maximum absolute atomic E-state index is 12.0. The van der Waals surface area contributed by atoms with Gasteiger partial charge in [-0.1, -0.05) is 0 Å². The van der Waals surface area contributed by atoms with Crippen molar-refractivity contribution in [3.63, 3.8) is 0 Å². The predicted molar refractivity (Wildman–Crippen MR) is 76.7 cm³/mol. The number of carbonyl (C=O) groups excluding carboxylic acids is 1. The van der Waals surface area contributed by atoms with E-state index in [1.165, 1.54) is 6.92 Å². The first kappa shape index (κ1) is 14.4. The van der Waals surface area contributed by atoms with Crippen LogP contribution >= 0.6 is 0 Å². The molecule has 22 heavy (non-hydrogen) atoms. The van der Waals surface area contributed by atoms with Gasteiger partial charge in [-0.05, 0) is 34.9 Å². The van der Waals surface area contributed by atoms with E-state index in [-0.39, 0.29) is 18.5 Å². The molecule has 7 heteroatoms. The first-order chi connectivity index (χ1) is 10.6. The second kappa shape index (κ2) is 5.67. The summed E-state index contributed by atoms with van der Waals surface area (Å²) in [5, 5.41) is 2.58. The van der Waals surface area contributed by atoms with E-state index in [9.17, 15) is 9.59 Å². The number of nitrogens with one attached hydrogen (secondary N) is 1. The predicted octanol–water partition coefficient (Wildman–Crippen LogP) is 0.764. The lowest BCUT2D eigenvalue weighted by Gasteiger charge is -2.17. The van der Waals surface area contributed by atoms with Crippen LogP contribution in [0.4, 0.5) is 0 Å². The van der Waals surface area contributed by atoms with E-state index < -0.39 is 5.63 Å². The highest BCUT2D eigenvalue weighted by molar-refractivity contribution is 5.73. The zero-order valence-corrected chi connectivity index (χ0v) is 12.5. The number of rotatable bonds is 5. The second-order valence-corrected chi connectivity index (χ2v) is 5.34. The van der Waals surface area contributed by atoms with Crippen LogP contribution in [0, 0.1) is 0 Å². The molecule has 1 saturated carbocycles. The summed E-state index contributed by atoms with van der Waals surface area (Å²) in [6, 6.07) is 7.44. The summed E-state index contributed by atoms with van der Waals surface area (Å²) in [7, 11) is 1.59. The third-order valence-corrected chi connectivity index (χ3v) is 3.78. The smallest absolute Gasteiger partial charge is 0.432 e. The third-order valence-electron chi connectivity index (χ3n) is 3.78. The van der Waals surface area contributed by atoms with Gasteiger partial charge in [0.15, 0.2) is 0 Å². The SMILES string of the molecule is COc1ccc(-[n+]2[nH]oc(=O)c2CN(C(C)=O)C2CC2)cc1. The van der Waals surface area contributed by atoms with E-state index in [4.69, 9.17) is 9.26 Å². The highest BCUT2D eigenvalue weighted by atomic mass is 16.5. The number of H-pyrrole nitrogens is 1. The Morgan fingerprint density at radius 2 is 2.09 bits per heavy atom.